The Morgan fingerprint density at radius 2 is 1.73 bits per heavy atom. The lowest BCUT2D eigenvalue weighted by Crippen LogP contribution is -2.39. The van der Waals surface area contributed by atoms with Crippen molar-refractivity contribution in [3.05, 3.63) is 70.7 Å². The number of hydrogen-bond acceptors (Lipinski definition) is 3. The van der Waals surface area contributed by atoms with Crippen LogP contribution in [0, 0.1) is 0 Å². The van der Waals surface area contributed by atoms with Crippen molar-refractivity contribution in [2.75, 3.05) is 7.05 Å². The van der Waals surface area contributed by atoms with E-state index in [0.717, 1.165) is 11.4 Å². The second-order valence-electron chi connectivity index (χ2n) is 5.46. The molecule has 0 N–H and O–H groups in total. The molecule has 112 valence electrons. The van der Waals surface area contributed by atoms with Crippen LogP contribution in [0.25, 0.3) is 0 Å². The topological polar surface area (TPSA) is 32.7 Å². The summed E-state index contributed by atoms with van der Waals surface area (Å²) in [5.74, 6) is 0.956. The molecule has 1 aliphatic heterocycles. The fraction of sp³-hybridized carbons (Fsp3) is 0.222. The average Bonchev–Trinajstić information content (AvgIpc) is 2.84. The molecule has 0 saturated heterocycles. The van der Waals surface area contributed by atoms with Gasteiger partial charge in [-0.15, -0.1) is 0 Å². The maximum Gasteiger partial charge on any atom is 0.187 e. The summed E-state index contributed by atoms with van der Waals surface area (Å²) >= 11 is 5.96. The smallest absolute Gasteiger partial charge is 0.187 e. The van der Waals surface area contributed by atoms with E-state index in [2.05, 4.69) is 4.99 Å². The van der Waals surface area contributed by atoms with Gasteiger partial charge >= 0.3 is 0 Å². The van der Waals surface area contributed by atoms with Crippen molar-refractivity contribution < 1.29 is 4.79 Å². The van der Waals surface area contributed by atoms with Gasteiger partial charge in [0.2, 0.25) is 0 Å². The first-order valence-corrected chi connectivity index (χ1v) is 7.57. The molecule has 3 nitrogen and oxygen atoms in total. The Hall–Kier alpha value is -2.13. The lowest BCUT2D eigenvalue weighted by molar-refractivity contribution is 0.0895. The molecule has 0 spiro atoms. The third-order valence-electron chi connectivity index (χ3n) is 4.09. The van der Waals surface area contributed by atoms with Crippen molar-refractivity contribution in [3.8, 4) is 0 Å². The quantitative estimate of drug-likeness (QED) is 0.803. The van der Waals surface area contributed by atoms with Crippen LogP contribution in [0.2, 0.25) is 5.02 Å². The SMILES string of the molecule is CC1=N[C@@H](c2ccc(Cl)cc2)[C@H](C(=O)c2ccccc2)N1C. The molecular formula is C18H17ClN2O. The van der Waals surface area contributed by atoms with E-state index >= 15 is 0 Å². The fourth-order valence-corrected chi connectivity index (χ4v) is 2.91. The largest absolute Gasteiger partial charge is 0.351 e. The molecule has 3 rings (SSSR count). The molecule has 0 radical (unpaired) electrons. The highest BCUT2D eigenvalue weighted by atomic mass is 35.5. The van der Waals surface area contributed by atoms with Crippen LogP contribution in [0.4, 0.5) is 0 Å². The minimum Gasteiger partial charge on any atom is -0.351 e. The van der Waals surface area contributed by atoms with Crippen LogP contribution in [0.3, 0.4) is 0 Å². The Balaban J connectivity index is 1.97. The summed E-state index contributed by atoms with van der Waals surface area (Å²) in [4.78, 5) is 19.5. The predicted molar refractivity (Wildman–Crippen MR) is 89.6 cm³/mol. The second-order valence-corrected chi connectivity index (χ2v) is 5.90. The van der Waals surface area contributed by atoms with Crippen molar-refractivity contribution in [1.82, 2.24) is 4.90 Å². The minimum atomic E-state index is -0.316. The van der Waals surface area contributed by atoms with Gasteiger partial charge in [-0.3, -0.25) is 9.79 Å². The van der Waals surface area contributed by atoms with Crippen molar-refractivity contribution in [1.29, 1.82) is 0 Å². The van der Waals surface area contributed by atoms with E-state index < -0.39 is 0 Å². The zero-order valence-corrected chi connectivity index (χ0v) is 13.3. The molecule has 22 heavy (non-hydrogen) atoms. The standard InChI is InChI=1S/C18H17ClN2O/c1-12-20-16(13-8-10-15(19)11-9-13)17(21(12)2)18(22)14-6-4-3-5-7-14/h3-11,16-17H,1-2H3/t16-,17+/m0/s1. The zero-order chi connectivity index (χ0) is 15.7. The van der Waals surface area contributed by atoms with Gasteiger partial charge in [0, 0.05) is 17.6 Å². The van der Waals surface area contributed by atoms with Gasteiger partial charge in [-0.25, -0.2) is 0 Å². The van der Waals surface area contributed by atoms with Crippen LogP contribution in [-0.2, 0) is 0 Å². The molecule has 1 heterocycles. The lowest BCUT2D eigenvalue weighted by Gasteiger charge is -2.25. The number of benzene rings is 2. The second kappa shape index (κ2) is 5.93. The van der Waals surface area contributed by atoms with Gasteiger partial charge in [-0.1, -0.05) is 54.1 Å². The molecule has 2 aromatic carbocycles. The van der Waals surface area contributed by atoms with Gasteiger partial charge in [0.25, 0.3) is 0 Å². The van der Waals surface area contributed by atoms with Gasteiger partial charge < -0.3 is 4.90 Å². The van der Waals surface area contributed by atoms with Crippen LogP contribution in [0.5, 0.6) is 0 Å². The zero-order valence-electron chi connectivity index (χ0n) is 12.5. The lowest BCUT2D eigenvalue weighted by atomic mass is 9.93. The third-order valence-corrected chi connectivity index (χ3v) is 4.34. The number of carbonyl (C=O) groups is 1. The Labute approximate surface area is 135 Å². The number of ketones is 1. The first-order chi connectivity index (χ1) is 10.6. The molecule has 2 atom stereocenters. The van der Waals surface area contributed by atoms with E-state index in [9.17, 15) is 4.79 Å². The van der Waals surface area contributed by atoms with Gasteiger partial charge in [-0.05, 0) is 24.6 Å². The summed E-state index contributed by atoms with van der Waals surface area (Å²) in [5.41, 5.74) is 1.71. The predicted octanol–water partition coefficient (Wildman–Crippen LogP) is 4.00. The Bertz CT molecular complexity index is 710. The summed E-state index contributed by atoms with van der Waals surface area (Å²) in [6.45, 7) is 1.93. The Morgan fingerprint density at radius 1 is 1.09 bits per heavy atom. The molecule has 4 heteroatoms. The maximum atomic E-state index is 12.9. The number of nitrogens with zero attached hydrogens (tertiary/aromatic N) is 2. The number of aliphatic imine (C=N–C) groups is 1. The van der Waals surface area contributed by atoms with E-state index in [1.54, 1.807) is 0 Å². The van der Waals surface area contributed by atoms with Crippen molar-refractivity contribution >= 4 is 23.2 Å². The number of Topliss-reactive ketones (excluding diaryl/α,β-unsaturated/α-hetero) is 1. The van der Waals surface area contributed by atoms with Crippen molar-refractivity contribution in [3.63, 3.8) is 0 Å². The molecule has 0 aromatic heterocycles. The van der Waals surface area contributed by atoms with Gasteiger partial charge in [-0.2, -0.15) is 0 Å². The molecule has 0 fully saturated rings. The number of hydrogen-bond donors (Lipinski definition) is 0. The molecular weight excluding hydrogens is 296 g/mol. The van der Waals surface area contributed by atoms with Gasteiger partial charge in [0.05, 0.1) is 5.84 Å². The number of halogens is 1. The number of carbonyl (C=O) groups excluding carboxylic acids is 1. The first-order valence-electron chi connectivity index (χ1n) is 7.20. The minimum absolute atomic E-state index is 0.0867. The highest BCUT2D eigenvalue weighted by molar-refractivity contribution is 6.30. The van der Waals surface area contributed by atoms with E-state index in [1.165, 1.54) is 0 Å². The van der Waals surface area contributed by atoms with E-state index in [-0.39, 0.29) is 17.9 Å². The Morgan fingerprint density at radius 3 is 2.36 bits per heavy atom. The summed E-state index contributed by atoms with van der Waals surface area (Å²) in [6, 6.07) is 16.4. The summed E-state index contributed by atoms with van der Waals surface area (Å²) in [7, 11) is 1.92. The molecule has 0 aliphatic carbocycles. The van der Waals surface area contributed by atoms with Crippen LogP contribution < -0.4 is 0 Å². The highest BCUT2D eigenvalue weighted by Crippen LogP contribution is 2.33. The normalized spacial score (nSPS) is 20.9. The first kappa shape index (κ1) is 14.8. The van der Waals surface area contributed by atoms with Crippen LogP contribution in [0.15, 0.2) is 59.6 Å². The van der Waals surface area contributed by atoms with Crippen molar-refractivity contribution in [2.24, 2.45) is 4.99 Å². The van der Waals surface area contributed by atoms with E-state index in [0.29, 0.717) is 10.6 Å². The van der Waals surface area contributed by atoms with Crippen LogP contribution >= 0.6 is 11.6 Å². The van der Waals surface area contributed by atoms with Crippen molar-refractivity contribution in [2.45, 2.75) is 19.0 Å². The average molecular weight is 313 g/mol. The monoisotopic (exact) mass is 312 g/mol. The van der Waals surface area contributed by atoms with Crippen LogP contribution in [0.1, 0.15) is 28.9 Å². The van der Waals surface area contributed by atoms with E-state index in [4.69, 9.17) is 11.6 Å². The summed E-state index contributed by atoms with van der Waals surface area (Å²) < 4.78 is 0. The summed E-state index contributed by atoms with van der Waals surface area (Å²) in [6.07, 6.45) is 0. The molecule has 0 amide bonds. The molecule has 0 bridgehead atoms. The highest BCUT2D eigenvalue weighted by Gasteiger charge is 2.38. The Kier molecular flexibility index (Phi) is 3.99. The van der Waals surface area contributed by atoms with E-state index in [1.807, 2.05) is 73.5 Å². The van der Waals surface area contributed by atoms with Gasteiger partial charge in [0.1, 0.15) is 12.1 Å². The van der Waals surface area contributed by atoms with Crippen LogP contribution in [-0.4, -0.2) is 29.6 Å². The number of likely N-dealkylation sites (N-methyl/N-ethyl adjacent to an activating group) is 1. The number of amidine groups is 1. The molecule has 2 aromatic rings. The molecule has 0 saturated carbocycles. The third kappa shape index (κ3) is 2.64. The molecule has 1 aliphatic rings. The maximum absolute atomic E-state index is 12.9. The molecule has 0 unspecified atom stereocenters. The summed E-state index contributed by atoms with van der Waals surface area (Å²) in [5, 5.41) is 0.682. The fourth-order valence-electron chi connectivity index (χ4n) is 2.79. The number of rotatable bonds is 3. The van der Waals surface area contributed by atoms with Gasteiger partial charge in [0.15, 0.2) is 5.78 Å².